The predicted molar refractivity (Wildman–Crippen MR) is 62.6 cm³/mol. The smallest absolute Gasteiger partial charge is 0.0328 e. The van der Waals surface area contributed by atoms with Crippen molar-refractivity contribution < 1.29 is 0 Å². The molecule has 1 rings (SSSR count). The van der Waals surface area contributed by atoms with E-state index in [4.69, 9.17) is 0 Å². The molecule has 1 atom stereocenters. The van der Waals surface area contributed by atoms with E-state index in [0.29, 0.717) is 5.54 Å². The van der Waals surface area contributed by atoms with Crippen LogP contribution < -0.4 is 5.32 Å². The first-order chi connectivity index (χ1) is 6.57. The largest absolute Gasteiger partial charge is 0.315 e. The predicted octanol–water partition coefficient (Wildman–Crippen LogP) is 2.11. The molecule has 0 bridgehead atoms. The lowest BCUT2D eigenvalue weighted by Crippen LogP contribution is -2.55. The van der Waals surface area contributed by atoms with Gasteiger partial charge in [0, 0.05) is 12.1 Å². The van der Waals surface area contributed by atoms with Crippen molar-refractivity contribution in [2.45, 2.75) is 45.1 Å². The third-order valence-corrected chi connectivity index (χ3v) is 3.59. The van der Waals surface area contributed by atoms with Gasteiger partial charge in [-0.1, -0.05) is 13.8 Å². The molecule has 1 aliphatic rings. The van der Waals surface area contributed by atoms with Crippen LogP contribution in [0.5, 0.6) is 0 Å². The molecule has 14 heavy (non-hydrogen) atoms. The summed E-state index contributed by atoms with van der Waals surface area (Å²) in [5.41, 5.74) is 0.433. The molecule has 1 saturated heterocycles. The van der Waals surface area contributed by atoms with E-state index in [0.717, 1.165) is 5.92 Å². The van der Waals surface area contributed by atoms with E-state index in [2.05, 4.69) is 38.2 Å². The van der Waals surface area contributed by atoms with Gasteiger partial charge in [0.2, 0.25) is 0 Å². The van der Waals surface area contributed by atoms with E-state index in [9.17, 15) is 0 Å². The molecule has 0 aliphatic carbocycles. The van der Waals surface area contributed by atoms with Crippen molar-refractivity contribution in [2.75, 3.05) is 27.2 Å². The minimum atomic E-state index is 0.433. The molecule has 2 nitrogen and oxygen atoms in total. The van der Waals surface area contributed by atoms with Crippen molar-refractivity contribution in [1.82, 2.24) is 10.2 Å². The molecule has 1 unspecified atom stereocenters. The Balaban J connectivity index is 2.52. The topological polar surface area (TPSA) is 15.3 Å². The third-order valence-electron chi connectivity index (χ3n) is 3.59. The van der Waals surface area contributed by atoms with Crippen LogP contribution in [0.1, 0.15) is 39.5 Å². The summed E-state index contributed by atoms with van der Waals surface area (Å²) in [6, 6.07) is 0. The van der Waals surface area contributed by atoms with E-state index < -0.39 is 0 Å². The molecular weight excluding hydrogens is 172 g/mol. The highest BCUT2D eigenvalue weighted by atomic mass is 15.2. The first-order valence-electron chi connectivity index (χ1n) is 5.95. The van der Waals surface area contributed by atoms with Gasteiger partial charge in [0.1, 0.15) is 0 Å². The monoisotopic (exact) mass is 198 g/mol. The Labute approximate surface area is 89.1 Å². The van der Waals surface area contributed by atoms with Crippen LogP contribution >= 0.6 is 0 Å². The van der Waals surface area contributed by atoms with Crippen LogP contribution in [-0.4, -0.2) is 37.6 Å². The van der Waals surface area contributed by atoms with Crippen molar-refractivity contribution in [2.24, 2.45) is 5.92 Å². The maximum absolute atomic E-state index is 3.54. The zero-order chi connectivity index (χ0) is 10.6. The SMILES string of the molecule is CC(C)CCC1(N(C)C)CCCNC1. The van der Waals surface area contributed by atoms with Crippen LogP contribution in [0.2, 0.25) is 0 Å². The molecule has 84 valence electrons. The highest BCUT2D eigenvalue weighted by molar-refractivity contribution is 4.93. The van der Waals surface area contributed by atoms with E-state index in [1.54, 1.807) is 0 Å². The molecule has 0 radical (unpaired) electrons. The zero-order valence-electron chi connectivity index (χ0n) is 10.3. The third kappa shape index (κ3) is 2.96. The van der Waals surface area contributed by atoms with E-state index in [1.807, 2.05) is 0 Å². The number of likely N-dealkylation sites (N-methyl/N-ethyl adjacent to an activating group) is 1. The van der Waals surface area contributed by atoms with Gasteiger partial charge in [-0.3, -0.25) is 0 Å². The van der Waals surface area contributed by atoms with E-state index >= 15 is 0 Å². The fourth-order valence-electron chi connectivity index (χ4n) is 2.33. The Morgan fingerprint density at radius 1 is 1.36 bits per heavy atom. The van der Waals surface area contributed by atoms with Gasteiger partial charge in [0.25, 0.3) is 0 Å². The summed E-state index contributed by atoms with van der Waals surface area (Å²) in [6.45, 7) is 7.02. The molecule has 0 aromatic heterocycles. The number of hydrogen-bond donors (Lipinski definition) is 1. The fraction of sp³-hybridized carbons (Fsp3) is 1.00. The zero-order valence-corrected chi connectivity index (χ0v) is 10.3. The number of piperidine rings is 1. The molecule has 1 heterocycles. The molecule has 2 heteroatoms. The number of rotatable bonds is 4. The minimum Gasteiger partial charge on any atom is -0.315 e. The summed E-state index contributed by atoms with van der Waals surface area (Å²) in [5, 5.41) is 3.54. The Bertz CT molecular complexity index is 158. The van der Waals surface area contributed by atoms with E-state index in [1.165, 1.54) is 38.8 Å². The van der Waals surface area contributed by atoms with Gasteiger partial charge in [0.05, 0.1) is 0 Å². The maximum atomic E-state index is 3.54. The first-order valence-corrected chi connectivity index (χ1v) is 5.95. The number of nitrogens with one attached hydrogen (secondary N) is 1. The lowest BCUT2D eigenvalue weighted by atomic mass is 9.82. The Hall–Kier alpha value is -0.0800. The van der Waals surface area contributed by atoms with Crippen molar-refractivity contribution >= 4 is 0 Å². The van der Waals surface area contributed by atoms with Gasteiger partial charge in [-0.2, -0.15) is 0 Å². The summed E-state index contributed by atoms with van der Waals surface area (Å²) in [5.74, 6) is 0.828. The van der Waals surface area contributed by atoms with Gasteiger partial charge in [-0.25, -0.2) is 0 Å². The summed E-state index contributed by atoms with van der Waals surface area (Å²) < 4.78 is 0. The van der Waals surface area contributed by atoms with Crippen LogP contribution in [0.4, 0.5) is 0 Å². The quantitative estimate of drug-likeness (QED) is 0.744. The molecule has 1 aliphatic heterocycles. The van der Waals surface area contributed by atoms with Crippen LogP contribution in [0.3, 0.4) is 0 Å². The first kappa shape index (κ1) is 12.0. The van der Waals surface area contributed by atoms with E-state index in [-0.39, 0.29) is 0 Å². The Kier molecular flexibility index (Phi) is 4.39. The van der Waals surface area contributed by atoms with Crippen molar-refractivity contribution in [3.8, 4) is 0 Å². The normalized spacial score (nSPS) is 28.7. The average molecular weight is 198 g/mol. The molecule has 0 amide bonds. The lowest BCUT2D eigenvalue weighted by molar-refractivity contribution is 0.0973. The molecule has 1 fully saturated rings. The van der Waals surface area contributed by atoms with Crippen LogP contribution in [0.25, 0.3) is 0 Å². The van der Waals surface area contributed by atoms with Gasteiger partial charge < -0.3 is 10.2 Å². The van der Waals surface area contributed by atoms with Gasteiger partial charge in [0.15, 0.2) is 0 Å². The van der Waals surface area contributed by atoms with Crippen LogP contribution in [0, 0.1) is 5.92 Å². The maximum Gasteiger partial charge on any atom is 0.0328 e. The van der Waals surface area contributed by atoms with Crippen molar-refractivity contribution in [3.05, 3.63) is 0 Å². The summed E-state index contributed by atoms with van der Waals surface area (Å²) >= 11 is 0. The lowest BCUT2D eigenvalue weighted by Gasteiger charge is -2.44. The molecule has 0 saturated carbocycles. The standard InChI is InChI=1S/C12H26N2/c1-11(2)6-8-12(14(3)4)7-5-9-13-10-12/h11,13H,5-10H2,1-4H3. The second kappa shape index (κ2) is 5.13. The van der Waals surface area contributed by atoms with Crippen LogP contribution in [-0.2, 0) is 0 Å². The molecule has 0 aromatic rings. The highest BCUT2D eigenvalue weighted by Gasteiger charge is 2.33. The van der Waals surface area contributed by atoms with Crippen LogP contribution in [0.15, 0.2) is 0 Å². The molecular formula is C12H26N2. The van der Waals surface area contributed by atoms with Crippen molar-refractivity contribution in [1.29, 1.82) is 0 Å². The molecule has 1 N–H and O–H groups in total. The number of hydrogen-bond acceptors (Lipinski definition) is 2. The summed E-state index contributed by atoms with van der Waals surface area (Å²) in [6.07, 6.45) is 5.38. The highest BCUT2D eigenvalue weighted by Crippen LogP contribution is 2.28. The summed E-state index contributed by atoms with van der Waals surface area (Å²) in [4.78, 5) is 2.43. The molecule has 0 aromatic carbocycles. The number of nitrogens with zero attached hydrogens (tertiary/aromatic N) is 1. The minimum absolute atomic E-state index is 0.433. The van der Waals surface area contributed by atoms with Gasteiger partial charge in [-0.05, 0) is 52.2 Å². The second-order valence-corrected chi connectivity index (χ2v) is 5.33. The van der Waals surface area contributed by atoms with Gasteiger partial charge >= 0.3 is 0 Å². The van der Waals surface area contributed by atoms with Crippen molar-refractivity contribution in [3.63, 3.8) is 0 Å². The summed E-state index contributed by atoms with van der Waals surface area (Å²) in [7, 11) is 4.46. The second-order valence-electron chi connectivity index (χ2n) is 5.33. The fourth-order valence-corrected chi connectivity index (χ4v) is 2.33. The Morgan fingerprint density at radius 2 is 2.07 bits per heavy atom. The molecule has 0 spiro atoms. The van der Waals surface area contributed by atoms with Gasteiger partial charge in [-0.15, -0.1) is 0 Å². The average Bonchev–Trinajstić information content (AvgIpc) is 2.16. The Morgan fingerprint density at radius 3 is 2.50 bits per heavy atom.